The van der Waals surface area contributed by atoms with E-state index in [1.165, 1.54) is 12.7 Å². The van der Waals surface area contributed by atoms with Gasteiger partial charge in [-0.15, -0.1) is 5.10 Å². The third-order valence-electron chi connectivity index (χ3n) is 6.21. The minimum absolute atomic E-state index is 0.0906. The monoisotopic (exact) mass is 485 g/mol. The topological polar surface area (TPSA) is 127 Å². The predicted molar refractivity (Wildman–Crippen MR) is 136 cm³/mol. The average Bonchev–Trinajstić information content (AvgIpc) is 3.48. The number of amides is 1. The van der Waals surface area contributed by atoms with Crippen LogP contribution in [0.4, 0.5) is 11.6 Å². The number of esters is 1. The number of carbonyl (C=O) groups is 2. The zero-order valence-electron chi connectivity index (χ0n) is 20.6. The van der Waals surface area contributed by atoms with Crippen molar-refractivity contribution in [1.29, 1.82) is 0 Å². The van der Waals surface area contributed by atoms with Crippen molar-refractivity contribution < 1.29 is 14.3 Å². The highest BCUT2D eigenvalue weighted by Crippen LogP contribution is 2.47. The molecule has 1 amide bonds. The van der Waals surface area contributed by atoms with Crippen LogP contribution >= 0.6 is 0 Å². The maximum Gasteiger partial charge on any atom is 0.352 e. The minimum atomic E-state index is -0.607. The summed E-state index contributed by atoms with van der Waals surface area (Å²) in [5, 5.41) is 16.4. The number of rotatable bonds is 7. The number of carbonyl (C=O) groups excluding carboxylic acids is 2. The summed E-state index contributed by atoms with van der Waals surface area (Å²) in [7, 11) is 3.10. The van der Waals surface area contributed by atoms with Gasteiger partial charge in [-0.25, -0.2) is 14.5 Å². The van der Waals surface area contributed by atoms with Gasteiger partial charge in [-0.2, -0.15) is 10.1 Å². The first-order valence-electron chi connectivity index (χ1n) is 11.8. The molecule has 36 heavy (non-hydrogen) atoms. The number of anilines is 2. The molecule has 2 aromatic carbocycles. The maximum absolute atomic E-state index is 12.6. The Morgan fingerprint density at radius 3 is 2.58 bits per heavy atom. The number of nitrogens with zero attached hydrogens (tertiary/aromatic N) is 5. The highest BCUT2D eigenvalue weighted by molar-refractivity contribution is 6.39. The van der Waals surface area contributed by atoms with Gasteiger partial charge in [0.05, 0.1) is 18.8 Å². The molecular formula is C26H27N7O3. The summed E-state index contributed by atoms with van der Waals surface area (Å²) in [6.07, 6.45) is 4.20. The number of benzene rings is 2. The van der Waals surface area contributed by atoms with Crippen molar-refractivity contribution in [2.75, 3.05) is 12.4 Å². The number of hydrogen-bond acceptors (Lipinski definition) is 7. The Morgan fingerprint density at radius 2 is 1.92 bits per heavy atom. The van der Waals surface area contributed by atoms with Gasteiger partial charge in [0.25, 0.3) is 5.91 Å². The zero-order valence-corrected chi connectivity index (χ0v) is 20.6. The van der Waals surface area contributed by atoms with E-state index in [-0.39, 0.29) is 11.6 Å². The highest BCUT2D eigenvalue weighted by Gasteiger charge is 2.29. The van der Waals surface area contributed by atoms with Crippen LogP contribution in [0, 0.1) is 5.92 Å². The lowest BCUT2D eigenvalue weighted by molar-refractivity contribution is -0.133. The van der Waals surface area contributed by atoms with Gasteiger partial charge in [0.2, 0.25) is 5.95 Å². The Kier molecular flexibility index (Phi) is 6.09. The van der Waals surface area contributed by atoms with E-state index in [1.807, 2.05) is 25.4 Å². The summed E-state index contributed by atoms with van der Waals surface area (Å²) in [4.78, 5) is 33.2. The molecule has 0 aliphatic heterocycles. The molecule has 0 unspecified atom stereocenters. The fraction of sp³-hybridized carbons (Fsp3) is 0.308. The first-order valence-corrected chi connectivity index (χ1v) is 11.8. The Balaban J connectivity index is 1.38. The van der Waals surface area contributed by atoms with Crippen molar-refractivity contribution in [3.63, 3.8) is 0 Å². The molecule has 2 heterocycles. The Bertz CT molecular complexity index is 1480. The molecule has 1 saturated carbocycles. The molecule has 2 N–H and O–H groups in total. The van der Waals surface area contributed by atoms with E-state index in [2.05, 4.69) is 30.6 Å². The van der Waals surface area contributed by atoms with Crippen LogP contribution in [0.1, 0.15) is 48.5 Å². The van der Waals surface area contributed by atoms with Crippen molar-refractivity contribution >= 4 is 40.1 Å². The van der Waals surface area contributed by atoms with E-state index in [9.17, 15) is 9.59 Å². The molecule has 2 aromatic heterocycles. The van der Waals surface area contributed by atoms with Gasteiger partial charge in [0.1, 0.15) is 5.71 Å². The Labute approximate surface area is 207 Å². The van der Waals surface area contributed by atoms with Gasteiger partial charge in [0, 0.05) is 35.2 Å². The summed E-state index contributed by atoms with van der Waals surface area (Å²) in [5.41, 5.74) is 4.47. The fourth-order valence-corrected chi connectivity index (χ4v) is 4.15. The van der Waals surface area contributed by atoms with E-state index in [0.717, 1.165) is 35.0 Å². The van der Waals surface area contributed by atoms with Gasteiger partial charge in [0.15, 0.2) is 5.82 Å². The first kappa shape index (κ1) is 23.4. The lowest BCUT2D eigenvalue weighted by Crippen LogP contribution is -2.23. The Morgan fingerprint density at radius 1 is 1.17 bits per heavy atom. The number of aliphatic imine (C=N–C) groups is 1. The van der Waals surface area contributed by atoms with Crippen LogP contribution in [0.2, 0.25) is 0 Å². The molecule has 4 aromatic rings. The first-order chi connectivity index (χ1) is 17.4. The minimum Gasteiger partial charge on any atom is -0.465 e. The number of aryl methyl sites for hydroxylation is 1. The molecule has 0 saturated heterocycles. The van der Waals surface area contributed by atoms with E-state index in [4.69, 9.17) is 4.74 Å². The summed E-state index contributed by atoms with van der Waals surface area (Å²) in [6.45, 7) is 3.57. The lowest BCUT2D eigenvalue weighted by Gasteiger charge is -2.11. The van der Waals surface area contributed by atoms with Crippen molar-refractivity contribution in [2.24, 2.45) is 18.0 Å². The molecule has 0 atom stereocenters. The Hall–Kier alpha value is -4.34. The molecule has 10 nitrogen and oxygen atoms in total. The van der Waals surface area contributed by atoms with Crippen molar-refractivity contribution in [3.05, 3.63) is 53.7 Å². The molecule has 184 valence electrons. The van der Waals surface area contributed by atoms with Gasteiger partial charge in [-0.1, -0.05) is 26.0 Å². The number of hydrogen-bond donors (Lipinski definition) is 2. The maximum atomic E-state index is 12.6. The summed E-state index contributed by atoms with van der Waals surface area (Å²) < 4.78 is 6.43. The van der Waals surface area contributed by atoms with Gasteiger partial charge in [-0.3, -0.25) is 9.89 Å². The van der Waals surface area contributed by atoms with Crippen molar-refractivity contribution in [1.82, 2.24) is 25.0 Å². The second-order valence-electron chi connectivity index (χ2n) is 9.17. The van der Waals surface area contributed by atoms with Crippen LogP contribution in [0.25, 0.3) is 22.3 Å². The van der Waals surface area contributed by atoms with Crippen molar-refractivity contribution in [2.45, 2.75) is 32.6 Å². The lowest BCUT2D eigenvalue weighted by atomic mass is 10.0. The SMILES string of the molecule is COC(=O)/C(=N\C(=O)c1ccc(-c2nc(Nc3ccc4[nH]ncc4c3C3CC3)n(C)n2)cc1)C(C)C. The largest absolute Gasteiger partial charge is 0.465 e. The van der Waals surface area contributed by atoms with Gasteiger partial charge < -0.3 is 10.1 Å². The molecule has 0 radical (unpaired) electrons. The van der Waals surface area contributed by atoms with Crippen molar-refractivity contribution in [3.8, 4) is 11.4 Å². The van der Waals surface area contributed by atoms with E-state index >= 15 is 0 Å². The van der Waals surface area contributed by atoms with E-state index in [0.29, 0.717) is 23.3 Å². The second kappa shape index (κ2) is 9.37. The molecular weight excluding hydrogens is 458 g/mol. The number of aromatic amines is 1. The van der Waals surface area contributed by atoms with Crippen LogP contribution < -0.4 is 5.32 Å². The number of H-pyrrole nitrogens is 1. The number of fused-ring (bicyclic) bond motifs is 1. The summed E-state index contributed by atoms with van der Waals surface area (Å²) in [6, 6.07) is 10.9. The molecule has 5 rings (SSSR count). The standard InChI is InChI=1S/C26H27N7O3/c1-14(2)22(25(35)36-4)29-24(34)17-9-7-16(8-10-17)23-30-26(33(3)32-23)28-20-12-11-19-18(13-27-31-19)21(20)15-5-6-15/h7-15H,5-6H2,1-4H3,(H,27,31)(H,28,30,32)/b29-22-. The van der Waals surface area contributed by atoms with Gasteiger partial charge in [-0.05, 0) is 48.6 Å². The molecule has 10 heteroatoms. The fourth-order valence-electron chi connectivity index (χ4n) is 4.15. The third kappa shape index (κ3) is 4.49. The van der Waals surface area contributed by atoms with Crippen LogP contribution in [0.3, 0.4) is 0 Å². The van der Waals surface area contributed by atoms with Crippen LogP contribution in [-0.4, -0.2) is 49.7 Å². The van der Waals surface area contributed by atoms with Crippen LogP contribution in [0.5, 0.6) is 0 Å². The average molecular weight is 486 g/mol. The number of nitrogens with one attached hydrogen (secondary N) is 2. The van der Waals surface area contributed by atoms with E-state index in [1.54, 1.807) is 42.8 Å². The number of ether oxygens (including phenoxy) is 1. The normalized spacial score (nSPS) is 13.9. The van der Waals surface area contributed by atoms with E-state index < -0.39 is 11.9 Å². The highest BCUT2D eigenvalue weighted by atomic mass is 16.5. The van der Waals surface area contributed by atoms with Gasteiger partial charge >= 0.3 is 5.97 Å². The molecule has 1 aliphatic carbocycles. The predicted octanol–water partition coefficient (Wildman–Crippen LogP) is 4.39. The molecule has 0 bridgehead atoms. The van der Waals surface area contributed by atoms with Crippen LogP contribution in [-0.2, 0) is 16.6 Å². The number of methoxy groups -OCH3 is 1. The third-order valence-corrected chi connectivity index (χ3v) is 6.21. The molecule has 1 fully saturated rings. The molecule has 0 spiro atoms. The summed E-state index contributed by atoms with van der Waals surface area (Å²) >= 11 is 0. The quantitative estimate of drug-likeness (QED) is 0.294. The smallest absolute Gasteiger partial charge is 0.352 e. The summed E-state index contributed by atoms with van der Waals surface area (Å²) in [5.74, 6) is 0.304. The van der Waals surface area contributed by atoms with Crippen LogP contribution in [0.15, 0.2) is 47.6 Å². The second-order valence-corrected chi connectivity index (χ2v) is 9.17. The zero-order chi connectivity index (χ0) is 25.4. The molecule has 1 aliphatic rings. The number of aromatic nitrogens is 5.